The molecule has 96 heavy (non-hydrogen) atoms. The van der Waals surface area contributed by atoms with E-state index in [2.05, 4.69) is 43.6 Å². The number of aromatic nitrogens is 8. The average Bonchev–Trinajstić information content (AvgIpc) is 2.24. The van der Waals surface area contributed by atoms with Crippen molar-refractivity contribution in [2.45, 2.75) is 27.7 Å². The van der Waals surface area contributed by atoms with E-state index in [1.807, 2.05) is 158 Å². The fraction of sp³-hybridized carbons (Fsp3) is 0.100. The highest BCUT2D eigenvalue weighted by Crippen LogP contribution is 2.37. The van der Waals surface area contributed by atoms with Crippen molar-refractivity contribution in [3.63, 3.8) is 0 Å². The van der Waals surface area contributed by atoms with E-state index in [0.29, 0.717) is 90.0 Å². The van der Waals surface area contributed by atoms with E-state index in [1.54, 1.807) is 76.2 Å². The summed E-state index contributed by atoms with van der Waals surface area (Å²) in [6.07, 6.45) is 15.6. The lowest BCUT2D eigenvalue weighted by Crippen LogP contribution is -2.04. The second-order valence-electron chi connectivity index (χ2n) is 22.4. The third-order valence-electron chi connectivity index (χ3n) is 16.3. The predicted octanol–water partition coefficient (Wildman–Crippen LogP) is 16.4. The molecule has 10 heterocycles. The molecule has 0 saturated carbocycles. The Kier molecular flexibility index (Phi) is 16.6. The molecule has 4 aliphatic rings. The molecule has 16 heteroatoms. The highest BCUT2D eigenvalue weighted by atomic mass is 16.5. The summed E-state index contributed by atoms with van der Waals surface area (Å²) in [6.45, 7) is 8.09. The van der Waals surface area contributed by atoms with Gasteiger partial charge in [-0.3, -0.25) is 0 Å². The largest absolute Gasteiger partial charge is 0.462 e. The van der Waals surface area contributed by atoms with E-state index in [4.69, 9.17) is 38.9 Å². The monoisotopic (exact) mass is 1260 g/mol. The number of benzene rings is 4. The number of ether oxygens (including phenoxy) is 4. The van der Waals surface area contributed by atoms with Crippen LogP contribution in [0.15, 0.2) is 158 Å². The SMILES string of the molecule is CCOC(=O)c1ccc(-c2c3nc(c(C#CC#Cc4c5nc(c(-c6ccc(C(=O)OCC)cc6)c6ccc(cc7nc(c(-c8ccc(C(=O)OCC)cc8)c8ccc4[nH]8)C=C7)[nH]6)C=C5)c4ccc([nH]4)c(-c4ccc(C(=O)OCC)cc4)c4nc(cc5ccc2[nH]5)C=C4)C=C3)cc1. The Morgan fingerprint density at radius 1 is 0.312 bits per heavy atom. The average molecular weight is 1260 g/mol. The molecule has 4 aliphatic heterocycles. The molecular weight excluding hydrogens is 1200 g/mol. The molecule has 0 saturated heterocycles. The Hall–Kier alpha value is -12.9. The van der Waals surface area contributed by atoms with Gasteiger partial charge in [-0.1, -0.05) is 48.5 Å². The van der Waals surface area contributed by atoms with Crippen molar-refractivity contribution in [2.75, 3.05) is 26.4 Å². The number of H-pyrrole nitrogens is 4. The van der Waals surface area contributed by atoms with Gasteiger partial charge in [-0.15, -0.1) is 0 Å². The standard InChI is InChI=1S/C80H58N8O8/c1-5-93-77(89)51-21-13-47(14-22-51)73-65-33-29-55(81-65)45-56-30-34-66(82-56)74(48-15-23-52(24-16-48)78(90)94-6-2)70-42-38-62(86-70)59(61-37-41-69(73)85-61)11-9-10-12-60-63-39-43-71(87-63)75(49-17-25-53(26-18-49)79(91)95-7-3)67-35-31-57(83-67)46-58-32-36-68(84-58)76(72-44-40-64(60)88-72)50-19-27-54(28-20-50)80(92)96-8-4/h13-46,81,83,86,88H,5-8H2,1-4H3. The quantitative estimate of drug-likeness (QED) is 0.0510. The van der Waals surface area contributed by atoms with Crippen molar-refractivity contribution in [2.24, 2.45) is 0 Å². The third-order valence-corrected chi connectivity index (χ3v) is 16.3. The van der Waals surface area contributed by atoms with Crippen LogP contribution >= 0.6 is 0 Å². The van der Waals surface area contributed by atoms with Crippen LogP contribution in [0.25, 0.3) is 137 Å². The summed E-state index contributed by atoms with van der Waals surface area (Å²) >= 11 is 0. The number of hydrogen-bond acceptors (Lipinski definition) is 12. The molecule has 0 amide bonds. The lowest BCUT2D eigenvalue weighted by molar-refractivity contribution is 0.0517. The number of esters is 4. The molecule has 4 N–H and O–H groups in total. The van der Waals surface area contributed by atoms with Crippen molar-refractivity contribution in [3.8, 4) is 68.2 Å². The summed E-state index contributed by atoms with van der Waals surface area (Å²) in [5.41, 5.74) is 20.0. The lowest BCUT2D eigenvalue weighted by Gasteiger charge is -2.06. The second kappa shape index (κ2) is 26.4. The van der Waals surface area contributed by atoms with Crippen LogP contribution in [0.1, 0.15) is 126 Å². The van der Waals surface area contributed by atoms with Crippen LogP contribution in [-0.4, -0.2) is 90.2 Å². The zero-order valence-electron chi connectivity index (χ0n) is 52.5. The third kappa shape index (κ3) is 12.2. The van der Waals surface area contributed by atoms with Gasteiger partial charge in [0.25, 0.3) is 0 Å². The van der Waals surface area contributed by atoms with Gasteiger partial charge >= 0.3 is 23.9 Å². The maximum atomic E-state index is 12.9. The number of hydrogen-bond donors (Lipinski definition) is 4. The first-order valence-corrected chi connectivity index (χ1v) is 31.4. The zero-order chi connectivity index (χ0) is 65.8. The van der Waals surface area contributed by atoms with Gasteiger partial charge in [-0.05, 0) is 231 Å². The van der Waals surface area contributed by atoms with Crippen molar-refractivity contribution in [1.29, 1.82) is 0 Å². The maximum Gasteiger partial charge on any atom is 0.338 e. The number of nitrogens with one attached hydrogen (secondary N) is 4. The predicted molar refractivity (Wildman–Crippen MR) is 377 cm³/mol. The molecule has 0 unspecified atom stereocenters. The van der Waals surface area contributed by atoms with Crippen LogP contribution in [0.3, 0.4) is 0 Å². The van der Waals surface area contributed by atoms with Crippen molar-refractivity contribution >= 4 is 117 Å². The Labute approximate surface area is 550 Å². The van der Waals surface area contributed by atoms with Gasteiger partial charge in [0.2, 0.25) is 0 Å². The number of fused-ring (bicyclic) bond motifs is 16. The van der Waals surface area contributed by atoms with E-state index in [0.717, 1.165) is 77.6 Å². The second-order valence-corrected chi connectivity index (χ2v) is 22.4. The van der Waals surface area contributed by atoms with Gasteiger partial charge < -0.3 is 38.9 Å². The normalized spacial score (nSPS) is 11.8. The Balaban J connectivity index is 0.999. The van der Waals surface area contributed by atoms with Crippen molar-refractivity contribution in [1.82, 2.24) is 39.9 Å². The molecule has 6 aromatic heterocycles. The van der Waals surface area contributed by atoms with Crippen LogP contribution in [0.5, 0.6) is 0 Å². The first-order chi connectivity index (χ1) is 47.0. The number of rotatable bonds is 12. The van der Waals surface area contributed by atoms with Crippen LogP contribution in [0, 0.1) is 23.7 Å². The van der Waals surface area contributed by atoms with E-state index in [-0.39, 0.29) is 26.4 Å². The van der Waals surface area contributed by atoms with E-state index in [1.165, 1.54) is 0 Å². The Morgan fingerprint density at radius 2 is 0.583 bits per heavy atom. The molecule has 16 nitrogen and oxygen atoms in total. The Morgan fingerprint density at radius 3 is 0.906 bits per heavy atom. The summed E-state index contributed by atoms with van der Waals surface area (Å²) in [5, 5.41) is 0. The fourth-order valence-corrected chi connectivity index (χ4v) is 11.9. The minimum absolute atomic E-state index is 0.248. The highest BCUT2D eigenvalue weighted by Gasteiger charge is 2.21. The molecule has 0 spiro atoms. The van der Waals surface area contributed by atoms with Crippen LogP contribution in [-0.2, 0) is 18.9 Å². The molecule has 0 aliphatic carbocycles. The number of carbonyl (C=O) groups excluding carboxylic acids is 4. The minimum Gasteiger partial charge on any atom is -0.462 e. The summed E-state index contributed by atoms with van der Waals surface area (Å²) in [7, 11) is 0. The lowest BCUT2D eigenvalue weighted by atomic mass is 10.0. The van der Waals surface area contributed by atoms with Gasteiger partial charge in [-0.25, -0.2) is 39.1 Å². The molecule has 10 aromatic rings. The number of nitrogens with zero attached hydrogens (tertiary/aromatic N) is 4. The molecule has 0 radical (unpaired) electrons. The van der Waals surface area contributed by atoms with Gasteiger partial charge in [0, 0.05) is 55.4 Å². The minimum atomic E-state index is -0.417. The van der Waals surface area contributed by atoms with E-state index < -0.39 is 23.9 Å². The first-order valence-electron chi connectivity index (χ1n) is 31.4. The van der Waals surface area contributed by atoms with Crippen molar-refractivity contribution in [3.05, 3.63) is 237 Å². The first kappa shape index (κ1) is 60.6. The molecule has 0 fully saturated rings. The molecule has 466 valence electrons. The van der Waals surface area contributed by atoms with E-state index in [9.17, 15) is 19.2 Å². The van der Waals surface area contributed by atoms with Gasteiger partial charge in [0.15, 0.2) is 0 Å². The zero-order valence-corrected chi connectivity index (χ0v) is 52.5. The smallest absolute Gasteiger partial charge is 0.338 e. The van der Waals surface area contributed by atoms with Crippen LogP contribution < -0.4 is 0 Å². The van der Waals surface area contributed by atoms with Gasteiger partial charge in [-0.2, -0.15) is 0 Å². The summed E-state index contributed by atoms with van der Waals surface area (Å²) in [5.74, 6) is 11.7. The van der Waals surface area contributed by atoms with Crippen LogP contribution in [0.2, 0.25) is 0 Å². The molecule has 0 atom stereocenters. The van der Waals surface area contributed by atoms with E-state index >= 15 is 0 Å². The molecule has 16 bridgehead atoms. The molecule has 14 rings (SSSR count). The highest BCUT2D eigenvalue weighted by molar-refractivity contribution is 6.00. The summed E-state index contributed by atoms with van der Waals surface area (Å²) in [4.78, 5) is 87.1. The van der Waals surface area contributed by atoms with Crippen molar-refractivity contribution < 1.29 is 38.1 Å². The molecular formula is C80H58N8O8. The summed E-state index contributed by atoms with van der Waals surface area (Å²) in [6, 6.07) is 48.9. The Bertz CT molecular complexity index is 5020. The topological polar surface area (TPSA) is 220 Å². The fourth-order valence-electron chi connectivity index (χ4n) is 11.9. The van der Waals surface area contributed by atoms with Crippen LogP contribution in [0.4, 0.5) is 0 Å². The molecule has 4 aromatic carbocycles. The van der Waals surface area contributed by atoms with Gasteiger partial charge in [0.1, 0.15) is 0 Å². The number of carbonyl (C=O) groups is 4. The van der Waals surface area contributed by atoms with Gasteiger partial charge in [0.05, 0.1) is 116 Å². The summed E-state index contributed by atoms with van der Waals surface area (Å²) < 4.78 is 21.3. The maximum absolute atomic E-state index is 12.9. The number of aromatic amines is 4.